The van der Waals surface area contributed by atoms with E-state index in [1.165, 1.54) is 18.9 Å². The van der Waals surface area contributed by atoms with Gasteiger partial charge in [-0.1, -0.05) is 6.92 Å². The number of carbonyl (C=O) groups excluding carboxylic acids is 1. The van der Waals surface area contributed by atoms with E-state index in [0.29, 0.717) is 17.6 Å². The normalized spacial score (nSPS) is 10.4. The molecule has 110 valence electrons. The van der Waals surface area contributed by atoms with Crippen LogP contribution in [0.15, 0.2) is 33.6 Å². The molecule has 0 saturated carbocycles. The topological polar surface area (TPSA) is 76.7 Å². The molecule has 0 fully saturated rings. The molecule has 0 bridgehead atoms. The Bertz CT molecular complexity index is 675. The van der Waals surface area contributed by atoms with Gasteiger partial charge in [-0.2, -0.15) is 0 Å². The van der Waals surface area contributed by atoms with Crippen LogP contribution < -0.4 is 4.74 Å². The van der Waals surface area contributed by atoms with Crippen molar-refractivity contribution in [3.05, 3.63) is 35.6 Å². The molecule has 1 aromatic carbocycles. The number of benzene rings is 1. The van der Waals surface area contributed by atoms with E-state index in [1.54, 1.807) is 24.3 Å². The lowest BCUT2D eigenvalue weighted by Crippen LogP contribution is -2.01. The highest BCUT2D eigenvalue weighted by atomic mass is 32.2. The van der Waals surface area contributed by atoms with Crippen molar-refractivity contribution < 1.29 is 23.8 Å². The first kappa shape index (κ1) is 15.2. The van der Waals surface area contributed by atoms with E-state index in [-0.39, 0.29) is 17.1 Å². The summed E-state index contributed by atoms with van der Waals surface area (Å²) in [4.78, 5) is 22.8. The van der Waals surface area contributed by atoms with Gasteiger partial charge in [0, 0.05) is 10.5 Å². The van der Waals surface area contributed by atoms with Crippen molar-refractivity contribution in [2.24, 2.45) is 0 Å². The van der Waals surface area contributed by atoms with Crippen LogP contribution in [0.25, 0.3) is 11.3 Å². The van der Waals surface area contributed by atoms with Crippen LogP contribution >= 0.6 is 11.8 Å². The molecule has 0 unspecified atom stereocenters. The maximum atomic E-state index is 11.3. The minimum absolute atomic E-state index is 0.0966. The van der Waals surface area contributed by atoms with Crippen molar-refractivity contribution in [2.75, 3.05) is 12.9 Å². The first-order valence-corrected chi connectivity index (χ1v) is 7.22. The molecule has 6 heteroatoms. The monoisotopic (exact) mass is 306 g/mol. The average Bonchev–Trinajstić information content (AvgIpc) is 2.95. The molecule has 0 amide bonds. The number of methoxy groups -OCH3 is 1. The van der Waals surface area contributed by atoms with Crippen LogP contribution in [-0.2, 0) is 0 Å². The third kappa shape index (κ3) is 3.11. The SMILES string of the molecule is CCSc1cc(C(=O)O)c(OC)cc1-c1ccc(C=O)o1. The van der Waals surface area contributed by atoms with Gasteiger partial charge in [0.1, 0.15) is 17.1 Å². The number of hydrogen-bond acceptors (Lipinski definition) is 5. The van der Waals surface area contributed by atoms with E-state index >= 15 is 0 Å². The smallest absolute Gasteiger partial charge is 0.339 e. The Morgan fingerprint density at radius 3 is 2.71 bits per heavy atom. The third-order valence-corrected chi connectivity index (χ3v) is 3.78. The summed E-state index contributed by atoms with van der Waals surface area (Å²) in [6.45, 7) is 1.97. The van der Waals surface area contributed by atoms with E-state index in [9.17, 15) is 14.7 Å². The Labute approximate surface area is 125 Å². The van der Waals surface area contributed by atoms with Crippen molar-refractivity contribution in [2.45, 2.75) is 11.8 Å². The van der Waals surface area contributed by atoms with E-state index < -0.39 is 5.97 Å². The van der Waals surface area contributed by atoms with Crippen LogP contribution in [0.1, 0.15) is 27.8 Å². The molecular weight excluding hydrogens is 292 g/mol. The minimum atomic E-state index is -1.05. The van der Waals surface area contributed by atoms with Crippen LogP contribution in [0.3, 0.4) is 0 Å². The average molecular weight is 306 g/mol. The maximum absolute atomic E-state index is 11.3. The van der Waals surface area contributed by atoms with E-state index in [4.69, 9.17) is 9.15 Å². The molecule has 0 aliphatic rings. The lowest BCUT2D eigenvalue weighted by Gasteiger charge is -2.11. The first-order chi connectivity index (χ1) is 10.1. The number of rotatable bonds is 6. The maximum Gasteiger partial charge on any atom is 0.339 e. The fourth-order valence-electron chi connectivity index (χ4n) is 1.92. The first-order valence-electron chi connectivity index (χ1n) is 6.24. The summed E-state index contributed by atoms with van der Waals surface area (Å²) in [7, 11) is 1.41. The molecule has 0 aliphatic heterocycles. The zero-order valence-corrected chi connectivity index (χ0v) is 12.4. The van der Waals surface area contributed by atoms with Crippen molar-refractivity contribution in [1.82, 2.24) is 0 Å². The Balaban J connectivity index is 2.62. The van der Waals surface area contributed by atoms with E-state index in [0.717, 1.165) is 10.6 Å². The standard InChI is InChI=1S/C15H14O5S/c1-3-21-14-7-11(15(17)18)13(19-2)6-10(14)12-5-4-9(8-16)20-12/h4-8H,3H2,1-2H3,(H,17,18). The largest absolute Gasteiger partial charge is 0.496 e. The number of carboxylic acid groups (broad SMARTS) is 1. The van der Waals surface area contributed by atoms with E-state index in [2.05, 4.69) is 0 Å². The van der Waals surface area contributed by atoms with Crippen molar-refractivity contribution in [1.29, 1.82) is 0 Å². The third-order valence-electron chi connectivity index (χ3n) is 2.84. The Morgan fingerprint density at radius 2 is 2.19 bits per heavy atom. The summed E-state index contributed by atoms with van der Waals surface area (Å²) < 4.78 is 10.6. The van der Waals surface area contributed by atoms with Gasteiger partial charge < -0.3 is 14.3 Å². The highest BCUT2D eigenvalue weighted by Crippen LogP contribution is 2.37. The number of carboxylic acids is 1. The summed E-state index contributed by atoms with van der Waals surface area (Å²) in [6.07, 6.45) is 0.624. The molecule has 2 rings (SSSR count). The number of carbonyl (C=O) groups is 2. The fourth-order valence-corrected chi connectivity index (χ4v) is 2.75. The van der Waals surface area contributed by atoms with Crippen molar-refractivity contribution >= 4 is 24.0 Å². The van der Waals surface area contributed by atoms with Gasteiger partial charge in [-0.25, -0.2) is 4.79 Å². The minimum Gasteiger partial charge on any atom is -0.496 e. The van der Waals surface area contributed by atoms with Crippen LogP contribution in [0.4, 0.5) is 0 Å². The lowest BCUT2D eigenvalue weighted by molar-refractivity contribution is 0.0693. The molecule has 0 aliphatic carbocycles. The van der Waals surface area contributed by atoms with Gasteiger partial charge in [0.05, 0.1) is 7.11 Å². The number of ether oxygens (including phenoxy) is 1. The lowest BCUT2D eigenvalue weighted by atomic mass is 10.1. The molecule has 1 N–H and O–H groups in total. The van der Waals surface area contributed by atoms with Crippen LogP contribution in [0.5, 0.6) is 5.75 Å². The van der Waals surface area contributed by atoms with Gasteiger partial charge in [0.15, 0.2) is 12.0 Å². The zero-order valence-electron chi connectivity index (χ0n) is 11.6. The quantitative estimate of drug-likeness (QED) is 0.649. The fraction of sp³-hybridized carbons (Fsp3) is 0.200. The molecular formula is C15H14O5S. The summed E-state index contributed by atoms with van der Waals surface area (Å²) in [5, 5.41) is 9.23. The van der Waals surface area contributed by atoms with Gasteiger partial charge >= 0.3 is 5.97 Å². The second-order valence-corrected chi connectivity index (χ2v) is 5.41. The molecule has 5 nitrogen and oxygen atoms in total. The molecule has 21 heavy (non-hydrogen) atoms. The number of thioether (sulfide) groups is 1. The van der Waals surface area contributed by atoms with Crippen molar-refractivity contribution in [3.8, 4) is 17.1 Å². The molecule has 0 atom stereocenters. The predicted octanol–water partition coefficient (Wildman–Crippen LogP) is 3.58. The Morgan fingerprint density at radius 1 is 1.43 bits per heavy atom. The van der Waals surface area contributed by atoms with Gasteiger partial charge in [-0.15, -0.1) is 11.8 Å². The summed E-state index contributed by atoms with van der Waals surface area (Å²) in [5.41, 5.74) is 0.802. The summed E-state index contributed by atoms with van der Waals surface area (Å²) >= 11 is 1.50. The second kappa shape index (κ2) is 6.49. The number of aromatic carboxylic acids is 1. The summed E-state index contributed by atoms with van der Waals surface area (Å²) in [6, 6.07) is 6.43. The van der Waals surface area contributed by atoms with Gasteiger partial charge in [-0.05, 0) is 30.0 Å². The van der Waals surface area contributed by atoms with Crippen molar-refractivity contribution in [3.63, 3.8) is 0 Å². The highest BCUT2D eigenvalue weighted by Gasteiger charge is 2.18. The summed E-state index contributed by atoms with van der Waals surface area (Å²) in [5.74, 6) is 0.702. The van der Waals surface area contributed by atoms with Crippen LogP contribution in [-0.4, -0.2) is 30.2 Å². The molecule has 0 saturated heterocycles. The number of aldehydes is 1. The zero-order chi connectivity index (χ0) is 15.4. The molecule has 0 radical (unpaired) electrons. The Hall–Kier alpha value is -2.21. The van der Waals surface area contributed by atoms with E-state index in [1.807, 2.05) is 6.92 Å². The Kier molecular flexibility index (Phi) is 4.70. The number of hydrogen-bond donors (Lipinski definition) is 1. The van der Waals surface area contributed by atoms with Crippen LogP contribution in [0, 0.1) is 0 Å². The van der Waals surface area contributed by atoms with Gasteiger partial charge in [0.25, 0.3) is 0 Å². The number of furan rings is 1. The molecule has 1 heterocycles. The van der Waals surface area contributed by atoms with Gasteiger partial charge in [-0.3, -0.25) is 4.79 Å². The highest BCUT2D eigenvalue weighted by molar-refractivity contribution is 7.99. The predicted molar refractivity (Wildman–Crippen MR) is 79.4 cm³/mol. The molecule has 1 aromatic heterocycles. The molecule has 2 aromatic rings. The molecule has 0 spiro atoms. The second-order valence-electron chi connectivity index (χ2n) is 4.11. The van der Waals surface area contributed by atoms with Gasteiger partial charge in [0.2, 0.25) is 0 Å². The van der Waals surface area contributed by atoms with Crippen LogP contribution in [0.2, 0.25) is 0 Å².